The van der Waals surface area contributed by atoms with Crippen LogP contribution in [0.3, 0.4) is 0 Å². The predicted molar refractivity (Wildman–Crippen MR) is 145 cm³/mol. The molecule has 4 aliphatic carbocycles. The number of H-pyrrole nitrogens is 1. The van der Waals surface area contributed by atoms with E-state index >= 15 is 0 Å². The summed E-state index contributed by atoms with van der Waals surface area (Å²) in [6.45, 7) is 5.92. The minimum absolute atomic E-state index is 0.0150. The SMILES string of the molecule is CC1(C)O[C@@H]2CC3C4CCC5=CC(=O)C=CC5(C)C4[C@@H](O)CC3(C)[C@]2(C(=O)COC(=O)OCn2cc(F)c(=O)[nH]c2=O)O1. The molecule has 5 unspecified atom stereocenters. The van der Waals surface area contributed by atoms with E-state index in [9.17, 15) is 33.5 Å². The van der Waals surface area contributed by atoms with Gasteiger partial charge in [-0.15, -0.1) is 0 Å². The Labute approximate surface area is 245 Å². The van der Waals surface area contributed by atoms with Gasteiger partial charge in [-0.2, -0.15) is 4.39 Å². The van der Waals surface area contributed by atoms with Crippen molar-refractivity contribution < 1.29 is 42.8 Å². The average Bonchev–Trinajstić information content (AvgIpc) is 3.34. The van der Waals surface area contributed by atoms with Crippen molar-refractivity contribution >= 4 is 17.7 Å². The van der Waals surface area contributed by atoms with Gasteiger partial charge in [0.15, 0.2) is 30.5 Å². The zero-order valence-corrected chi connectivity index (χ0v) is 24.4. The van der Waals surface area contributed by atoms with Crippen LogP contribution in [0, 0.1) is 34.4 Å². The van der Waals surface area contributed by atoms with E-state index in [1.54, 1.807) is 31.0 Å². The zero-order valence-electron chi connectivity index (χ0n) is 24.4. The highest BCUT2D eigenvalue weighted by Gasteiger charge is 2.77. The predicted octanol–water partition coefficient (Wildman–Crippen LogP) is 2.13. The maximum Gasteiger partial charge on any atom is 0.510 e. The molecule has 13 heteroatoms. The highest BCUT2D eigenvalue weighted by atomic mass is 19.1. The van der Waals surface area contributed by atoms with Gasteiger partial charge in [-0.3, -0.25) is 23.9 Å². The van der Waals surface area contributed by atoms with Gasteiger partial charge in [-0.25, -0.2) is 9.59 Å². The molecule has 0 bridgehead atoms. The molecule has 4 fully saturated rings. The number of hydrogen-bond acceptors (Lipinski definition) is 10. The number of halogens is 1. The minimum Gasteiger partial charge on any atom is -0.426 e. The number of hydrogen-bond donors (Lipinski definition) is 2. The van der Waals surface area contributed by atoms with E-state index in [-0.39, 0.29) is 30.0 Å². The molecule has 1 aromatic rings. The van der Waals surface area contributed by atoms with Crippen molar-refractivity contribution in [3.63, 3.8) is 0 Å². The molecular formula is C30H35FN2O10. The van der Waals surface area contributed by atoms with Crippen molar-refractivity contribution in [1.29, 1.82) is 0 Å². The first-order valence-corrected chi connectivity index (χ1v) is 14.4. The second kappa shape index (κ2) is 9.80. The number of carbonyl (C=O) groups is 3. The lowest BCUT2D eigenvalue weighted by molar-refractivity contribution is -0.225. The summed E-state index contributed by atoms with van der Waals surface area (Å²) in [7, 11) is 0. The largest absolute Gasteiger partial charge is 0.510 e. The van der Waals surface area contributed by atoms with E-state index < -0.39 is 76.8 Å². The van der Waals surface area contributed by atoms with Gasteiger partial charge in [0, 0.05) is 16.7 Å². The molecule has 0 aromatic carbocycles. The highest BCUT2D eigenvalue weighted by molar-refractivity contribution is 6.01. The summed E-state index contributed by atoms with van der Waals surface area (Å²) in [6.07, 6.45) is 5.15. The number of nitrogens with zero attached hydrogens (tertiary/aromatic N) is 1. The van der Waals surface area contributed by atoms with Crippen LogP contribution in [0.5, 0.6) is 0 Å². The fraction of sp³-hybridized carbons (Fsp3) is 0.633. The summed E-state index contributed by atoms with van der Waals surface area (Å²) in [5.74, 6) is -3.18. The quantitative estimate of drug-likeness (QED) is 0.478. The Bertz CT molecular complexity index is 1580. The summed E-state index contributed by atoms with van der Waals surface area (Å²) >= 11 is 0. The summed E-state index contributed by atoms with van der Waals surface area (Å²) < 4.78 is 36.9. The molecule has 1 aliphatic heterocycles. The van der Waals surface area contributed by atoms with E-state index in [1.807, 2.05) is 13.0 Å². The van der Waals surface area contributed by atoms with Crippen molar-refractivity contribution in [2.75, 3.05) is 6.61 Å². The summed E-state index contributed by atoms with van der Waals surface area (Å²) in [5.41, 5.74) is -4.08. The van der Waals surface area contributed by atoms with Crippen molar-refractivity contribution in [1.82, 2.24) is 9.55 Å². The summed E-state index contributed by atoms with van der Waals surface area (Å²) in [4.78, 5) is 63.4. The Balaban J connectivity index is 1.23. The summed E-state index contributed by atoms with van der Waals surface area (Å²) in [6, 6.07) is 0. The highest BCUT2D eigenvalue weighted by Crippen LogP contribution is 2.70. The minimum atomic E-state index is -1.53. The lowest BCUT2D eigenvalue weighted by Gasteiger charge is -2.59. The molecule has 232 valence electrons. The van der Waals surface area contributed by atoms with Crippen LogP contribution in [0.25, 0.3) is 0 Å². The number of carbonyl (C=O) groups excluding carboxylic acids is 3. The van der Waals surface area contributed by atoms with Crippen LogP contribution in [0.4, 0.5) is 9.18 Å². The van der Waals surface area contributed by atoms with Crippen molar-refractivity contribution in [2.45, 2.75) is 83.7 Å². The lowest BCUT2D eigenvalue weighted by Crippen LogP contribution is -2.64. The molecule has 5 aliphatic rings. The zero-order chi connectivity index (χ0) is 31.1. The monoisotopic (exact) mass is 602 g/mol. The third-order valence-electron chi connectivity index (χ3n) is 10.5. The topological polar surface area (TPSA) is 163 Å². The number of fused-ring (bicyclic) bond motifs is 7. The molecule has 1 aromatic heterocycles. The first kappa shape index (κ1) is 29.6. The maximum absolute atomic E-state index is 14.1. The normalized spacial score (nSPS) is 38.8. The second-order valence-electron chi connectivity index (χ2n) is 13.2. The number of aliphatic hydroxyl groups is 1. The number of ether oxygens (including phenoxy) is 4. The van der Waals surface area contributed by atoms with Gasteiger partial charge < -0.3 is 24.1 Å². The van der Waals surface area contributed by atoms with Crippen molar-refractivity contribution in [2.24, 2.45) is 28.6 Å². The molecular weight excluding hydrogens is 567 g/mol. The van der Waals surface area contributed by atoms with E-state index in [0.29, 0.717) is 23.6 Å². The van der Waals surface area contributed by atoms with Crippen LogP contribution in [-0.4, -0.2) is 62.6 Å². The first-order valence-electron chi connectivity index (χ1n) is 14.4. The third kappa shape index (κ3) is 4.38. The van der Waals surface area contributed by atoms with E-state index in [1.165, 1.54) is 0 Å². The number of aromatic amines is 1. The van der Waals surface area contributed by atoms with Gasteiger partial charge in [0.05, 0.1) is 18.4 Å². The Morgan fingerprint density at radius 1 is 1.19 bits per heavy atom. The Morgan fingerprint density at radius 3 is 2.67 bits per heavy atom. The van der Waals surface area contributed by atoms with E-state index in [0.717, 1.165) is 12.0 Å². The smallest absolute Gasteiger partial charge is 0.426 e. The molecule has 8 atom stereocenters. The molecule has 2 heterocycles. The average molecular weight is 603 g/mol. The molecule has 2 N–H and O–H groups in total. The molecule has 0 spiro atoms. The molecule has 12 nitrogen and oxygen atoms in total. The lowest BCUT2D eigenvalue weighted by atomic mass is 9.46. The molecule has 43 heavy (non-hydrogen) atoms. The number of aliphatic hydroxyl groups excluding tert-OH is 1. The van der Waals surface area contributed by atoms with Gasteiger partial charge in [0.2, 0.25) is 11.6 Å². The second-order valence-corrected chi connectivity index (χ2v) is 13.2. The number of nitrogens with one attached hydrogen (secondary N) is 1. The van der Waals surface area contributed by atoms with Gasteiger partial charge in [0.25, 0.3) is 5.56 Å². The molecule has 0 radical (unpaired) electrons. The van der Waals surface area contributed by atoms with Crippen LogP contribution in [-0.2, 0) is 35.3 Å². The molecule has 3 saturated carbocycles. The van der Waals surface area contributed by atoms with Crippen LogP contribution in [0.2, 0.25) is 0 Å². The number of allylic oxidation sites excluding steroid dienone is 4. The van der Waals surface area contributed by atoms with Gasteiger partial charge >= 0.3 is 11.8 Å². The first-order chi connectivity index (χ1) is 20.1. The fourth-order valence-electron chi connectivity index (χ4n) is 8.90. The van der Waals surface area contributed by atoms with Gasteiger partial charge in [-0.1, -0.05) is 25.5 Å². The number of ketones is 2. The standard InChI is InChI=1S/C30H35FN2O10/c1-27(2)42-22-10-18-17-6-5-15-9-16(34)7-8-28(15,3)23(17)20(35)11-29(18,4)30(22,43-27)21(36)13-40-26(39)41-14-33-12-19(31)24(37)32-25(33)38/h7-9,12,17-18,20,22-23,35H,5-6,10-11,13-14H2,1-4H3,(H,32,37,38)/t17?,18?,20-,22+,23?,28?,29?,30+/m0/s1. The van der Waals surface area contributed by atoms with Crippen LogP contribution in [0.1, 0.15) is 53.4 Å². The number of rotatable bonds is 5. The molecule has 1 saturated heterocycles. The van der Waals surface area contributed by atoms with E-state index in [2.05, 4.69) is 6.92 Å². The molecule has 0 amide bonds. The number of aromatic nitrogens is 2. The van der Waals surface area contributed by atoms with Crippen LogP contribution >= 0.6 is 0 Å². The van der Waals surface area contributed by atoms with Crippen LogP contribution in [0.15, 0.2) is 39.6 Å². The number of Topliss-reactive ketones (excluding diaryl/α,β-unsaturated/α-hetero) is 1. The van der Waals surface area contributed by atoms with Crippen LogP contribution < -0.4 is 11.2 Å². The van der Waals surface area contributed by atoms with E-state index in [4.69, 9.17) is 18.9 Å². The Kier molecular flexibility index (Phi) is 6.75. The van der Waals surface area contributed by atoms with Gasteiger partial charge in [0.1, 0.15) is 0 Å². The fourth-order valence-corrected chi connectivity index (χ4v) is 8.90. The van der Waals surface area contributed by atoms with Gasteiger partial charge in [-0.05, 0) is 63.5 Å². The van der Waals surface area contributed by atoms with Crippen molar-refractivity contribution in [3.05, 3.63) is 56.7 Å². The summed E-state index contributed by atoms with van der Waals surface area (Å²) in [5, 5.41) is 11.8. The Hall–Kier alpha value is -3.42. The maximum atomic E-state index is 14.1. The third-order valence-corrected chi connectivity index (χ3v) is 10.5. The Morgan fingerprint density at radius 2 is 1.93 bits per heavy atom. The molecule has 6 rings (SSSR count). The van der Waals surface area contributed by atoms with Crippen molar-refractivity contribution in [3.8, 4) is 0 Å².